The number of amides is 1. The number of aryl methyl sites for hydroxylation is 1. The van der Waals surface area contributed by atoms with E-state index in [-0.39, 0.29) is 17.3 Å². The second-order valence-electron chi connectivity index (χ2n) is 5.40. The first-order valence-corrected chi connectivity index (χ1v) is 8.48. The lowest BCUT2D eigenvalue weighted by Gasteiger charge is -2.06. The number of rotatable bonds is 4. The van der Waals surface area contributed by atoms with Crippen LogP contribution in [0.25, 0.3) is 11.5 Å². The summed E-state index contributed by atoms with van der Waals surface area (Å²) in [5, 5.41) is 7.82. The molecule has 0 fully saturated rings. The van der Waals surface area contributed by atoms with Crippen molar-refractivity contribution in [3.63, 3.8) is 0 Å². The van der Waals surface area contributed by atoms with E-state index >= 15 is 0 Å². The van der Waals surface area contributed by atoms with Gasteiger partial charge in [-0.15, -0.1) is 5.10 Å². The highest BCUT2D eigenvalue weighted by atomic mass is 35.5. The van der Waals surface area contributed by atoms with Crippen molar-refractivity contribution in [1.82, 2.24) is 9.78 Å². The maximum absolute atomic E-state index is 12.2. The standard InChI is InChI=1S/C17H13Cl2N3O2S/c1-10-2-4-11(5-3-10)16-21-22(17(25)24-16)9-15(23)20-14-7-12(18)6-13(19)8-14/h2-8H,9H2,1H3,(H,20,23). The van der Waals surface area contributed by atoms with Gasteiger partial charge in [-0.3, -0.25) is 4.79 Å². The Hall–Kier alpha value is -2.15. The number of carbonyl (C=O) groups is 1. The Morgan fingerprint density at radius 1 is 1.20 bits per heavy atom. The minimum Gasteiger partial charge on any atom is -0.409 e. The van der Waals surface area contributed by atoms with Gasteiger partial charge in [-0.2, -0.15) is 0 Å². The van der Waals surface area contributed by atoms with Crippen molar-refractivity contribution in [3.8, 4) is 11.5 Å². The van der Waals surface area contributed by atoms with Crippen LogP contribution in [0.1, 0.15) is 5.56 Å². The van der Waals surface area contributed by atoms with Crippen LogP contribution in [0.4, 0.5) is 5.69 Å². The number of halogens is 2. The molecule has 0 unspecified atom stereocenters. The van der Waals surface area contributed by atoms with Crippen LogP contribution in [0.3, 0.4) is 0 Å². The van der Waals surface area contributed by atoms with Crippen molar-refractivity contribution in [2.75, 3.05) is 5.32 Å². The molecule has 3 rings (SSSR count). The van der Waals surface area contributed by atoms with Gasteiger partial charge in [0.1, 0.15) is 6.54 Å². The van der Waals surface area contributed by atoms with Crippen LogP contribution >= 0.6 is 35.4 Å². The molecule has 8 heteroatoms. The Morgan fingerprint density at radius 2 is 1.84 bits per heavy atom. The molecule has 0 aliphatic heterocycles. The molecule has 0 aliphatic rings. The summed E-state index contributed by atoms with van der Waals surface area (Å²) in [7, 11) is 0. The van der Waals surface area contributed by atoms with E-state index in [9.17, 15) is 4.79 Å². The zero-order chi connectivity index (χ0) is 18.0. The third-order valence-corrected chi connectivity index (χ3v) is 4.07. The van der Waals surface area contributed by atoms with E-state index in [1.54, 1.807) is 18.2 Å². The van der Waals surface area contributed by atoms with Crippen LogP contribution < -0.4 is 5.32 Å². The zero-order valence-corrected chi connectivity index (χ0v) is 15.5. The Bertz CT molecular complexity index is 960. The summed E-state index contributed by atoms with van der Waals surface area (Å²) in [5.41, 5.74) is 2.41. The van der Waals surface area contributed by atoms with Crippen LogP contribution in [-0.4, -0.2) is 15.7 Å². The number of hydrogen-bond donors (Lipinski definition) is 1. The highest BCUT2D eigenvalue weighted by molar-refractivity contribution is 7.71. The molecule has 0 aliphatic carbocycles. The Balaban J connectivity index is 1.75. The van der Waals surface area contributed by atoms with Gasteiger partial charge in [0.2, 0.25) is 11.8 Å². The Kier molecular flexibility index (Phi) is 5.22. The van der Waals surface area contributed by atoms with Crippen LogP contribution in [0.15, 0.2) is 46.9 Å². The first kappa shape index (κ1) is 17.7. The van der Waals surface area contributed by atoms with E-state index in [2.05, 4.69) is 10.4 Å². The van der Waals surface area contributed by atoms with Gasteiger partial charge >= 0.3 is 0 Å². The Morgan fingerprint density at radius 3 is 2.48 bits per heavy atom. The zero-order valence-electron chi connectivity index (χ0n) is 13.1. The summed E-state index contributed by atoms with van der Waals surface area (Å²) in [6, 6.07) is 12.4. The molecule has 1 heterocycles. The van der Waals surface area contributed by atoms with Crippen molar-refractivity contribution in [2.45, 2.75) is 13.5 Å². The fraction of sp³-hybridized carbons (Fsp3) is 0.118. The predicted octanol–water partition coefficient (Wildman–Crippen LogP) is 5.13. The van der Waals surface area contributed by atoms with Gasteiger partial charge in [-0.05, 0) is 49.5 Å². The van der Waals surface area contributed by atoms with E-state index in [1.165, 1.54) is 4.68 Å². The van der Waals surface area contributed by atoms with E-state index in [0.717, 1.165) is 11.1 Å². The van der Waals surface area contributed by atoms with Gasteiger partial charge in [0, 0.05) is 21.3 Å². The van der Waals surface area contributed by atoms with Crippen molar-refractivity contribution in [3.05, 3.63) is 62.9 Å². The average molecular weight is 394 g/mol. The third-order valence-electron chi connectivity index (χ3n) is 3.34. The maximum atomic E-state index is 12.2. The molecule has 25 heavy (non-hydrogen) atoms. The smallest absolute Gasteiger partial charge is 0.287 e. The lowest BCUT2D eigenvalue weighted by molar-refractivity contribution is -0.117. The first-order chi connectivity index (χ1) is 11.9. The summed E-state index contributed by atoms with van der Waals surface area (Å²) in [6.07, 6.45) is 0. The van der Waals surface area contributed by atoms with Crippen LogP contribution in [0, 0.1) is 11.8 Å². The number of aromatic nitrogens is 2. The molecule has 0 radical (unpaired) electrons. The molecule has 1 N–H and O–H groups in total. The van der Waals surface area contributed by atoms with Crippen molar-refractivity contribution in [1.29, 1.82) is 0 Å². The third kappa shape index (κ3) is 4.48. The molecule has 5 nitrogen and oxygen atoms in total. The van der Waals surface area contributed by atoms with Crippen LogP contribution in [-0.2, 0) is 11.3 Å². The lowest BCUT2D eigenvalue weighted by atomic mass is 10.1. The van der Waals surface area contributed by atoms with Gasteiger partial charge in [0.05, 0.1) is 0 Å². The molecule has 0 spiro atoms. The van der Waals surface area contributed by atoms with Gasteiger partial charge in [0.25, 0.3) is 4.84 Å². The molecule has 0 saturated carbocycles. The summed E-state index contributed by atoms with van der Waals surface area (Å²) in [5.74, 6) is 0.0433. The minimum atomic E-state index is -0.321. The highest BCUT2D eigenvalue weighted by Gasteiger charge is 2.12. The monoisotopic (exact) mass is 393 g/mol. The topological polar surface area (TPSA) is 60.1 Å². The summed E-state index contributed by atoms with van der Waals surface area (Å²) in [4.78, 5) is 12.3. The van der Waals surface area contributed by atoms with Crippen molar-refractivity contribution < 1.29 is 9.21 Å². The number of nitrogens with one attached hydrogen (secondary N) is 1. The fourth-order valence-electron chi connectivity index (χ4n) is 2.18. The normalized spacial score (nSPS) is 10.7. The first-order valence-electron chi connectivity index (χ1n) is 7.31. The number of carbonyl (C=O) groups excluding carboxylic acids is 1. The molecule has 2 aromatic carbocycles. The number of benzene rings is 2. The molecule has 0 saturated heterocycles. The average Bonchev–Trinajstić information content (AvgIpc) is 2.87. The number of nitrogens with zero attached hydrogens (tertiary/aromatic N) is 2. The number of hydrogen-bond acceptors (Lipinski definition) is 4. The highest BCUT2D eigenvalue weighted by Crippen LogP contribution is 2.22. The summed E-state index contributed by atoms with van der Waals surface area (Å²) < 4.78 is 6.80. The summed E-state index contributed by atoms with van der Waals surface area (Å²) >= 11 is 17.0. The maximum Gasteiger partial charge on any atom is 0.287 e. The number of anilines is 1. The predicted molar refractivity (Wildman–Crippen MR) is 101 cm³/mol. The van der Waals surface area contributed by atoms with E-state index in [1.807, 2.05) is 31.2 Å². The molecule has 128 valence electrons. The molecule has 0 bridgehead atoms. The van der Waals surface area contributed by atoms with Crippen LogP contribution in [0.5, 0.6) is 0 Å². The molecular weight excluding hydrogens is 381 g/mol. The van der Waals surface area contributed by atoms with Crippen molar-refractivity contribution in [2.24, 2.45) is 0 Å². The fourth-order valence-corrected chi connectivity index (χ4v) is 2.89. The van der Waals surface area contributed by atoms with Crippen LogP contribution in [0.2, 0.25) is 10.0 Å². The quantitative estimate of drug-likeness (QED) is 0.624. The van der Waals surface area contributed by atoms with Gasteiger partial charge in [-0.1, -0.05) is 40.9 Å². The van der Waals surface area contributed by atoms with Gasteiger partial charge in [0.15, 0.2) is 0 Å². The van der Waals surface area contributed by atoms with Crippen molar-refractivity contribution >= 4 is 47.0 Å². The molecular formula is C17H13Cl2N3O2S. The Labute approximate surface area is 159 Å². The molecule has 1 aromatic heterocycles. The van der Waals surface area contributed by atoms with Gasteiger partial charge < -0.3 is 9.73 Å². The second-order valence-corrected chi connectivity index (χ2v) is 6.63. The van der Waals surface area contributed by atoms with E-state index in [0.29, 0.717) is 21.6 Å². The minimum absolute atomic E-state index is 0.0850. The SMILES string of the molecule is Cc1ccc(-c2nn(CC(=O)Nc3cc(Cl)cc(Cl)c3)c(=S)o2)cc1. The second kappa shape index (κ2) is 7.39. The van der Waals surface area contributed by atoms with E-state index in [4.69, 9.17) is 39.8 Å². The largest absolute Gasteiger partial charge is 0.409 e. The summed E-state index contributed by atoms with van der Waals surface area (Å²) in [6.45, 7) is 1.91. The van der Waals surface area contributed by atoms with Gasteiger partial charge in [-0.25, -0.2) is 4.68 Å². The molecule has 1 amide bonds. The lowest BCUT2D eigenvalue weighted by Crippen LogP contribution is -2.19. The molecule has 0 atom stereocenters. The van der Waals surface area contributed by atoms with E-state index < -0.39 is 0 Å². The molecule has 3 aromatic rings.